The van der Waals surface area contributed by atoms with Gasteiger partial charge >= 0.3 is 0 Å². The van der Waals surface area contributed by atoms with Crippen molar-refractivity contribution < 1.29 is 9.59 Å². The van der Waals surface area contributed by atoms with Gasteiger partial charge in [-0.05, 0) is 32.2 Å². The minimum atomic E-state index is 0. The minimum Gasteiger partial charge on any atom is -0.352 e. The highest BCUT2D eigenvalue weighted by molar-refractivity contribution is 5.85. The number of piperidine rings is 1. The van der Waals surface area contributed by atoms with Crippen molar-refractivity contribution in [3.05, 3.63) is 0 Å². The van der Waals surface area contributed by atoms with E-state index in [4.69, 9.17) is 0 Å². The molecule has 2 heterocycles. The minimum absolute atomic E-state index is 0. The molecular formula is C15H28Cl2N4O2. The third-order valence-electron chi connectivity index (χ3n) is 4.64. The highest BCUT2D eigenvalue weighted by Gasteiger charge is 2.29. The Kier molecular flexibility index (Phi) is 8.61. The van der Waals surface area contributed by atoms with E-state index in [-0.39, 0.29) is 36.6 Å². The van der Waals surface area contributed by atoms with Gasteiger partial charge in [-0.15, -0.1) is 24.8 Å². The summed E-state index contributed by atoms with van der Waals surface area (Å²) >= 11 is 0. The van der Waals surface area contributed by atoms with E-state index in [1.165, 1.54) is 0 Å². The molecular weight excluding hydrogens is 339 g/mol. The van der Waals surface area contributed by atoms with E-state index in [0.29, 0.717) is 18.5 Å². The third-order valence-corrected chi connectivity index (χ3v) is 4.64. The number of halogens is 2. The van der Waals surface area contributed by atoms with Crippen LogP contribution in [0.5, 0.6) is 0 Å². The monoisotopic (exact) mass is 366 g/mol. The SMILES string of the molecule is Cl.Cl.O=C(CN1CCN(C(=O)C2CCCNC2)CC1)NC1CC1. The van der Waals surface area contributed by atoms with Gasteiger partial charge in [0.1, 0.15) is 0 Å². The number of carbonyl (C=O) groups is 2. The van der Waals surface area contributed by atoms with E-state index in [9.17, 15) is 9.59 Å². The van der Waals surface area contributed by atoms with E-state index in [0.717, 1.165) is 65.0 Å². The van der Waals surface area contributed by atoms with E-state index < -0.39 is 0 Å². The van der Waals surface area contributed by atoms with Gasteiger partial charge in [0.25, 0.3) is 0 Å². The second-order valence-corrected chi connectivity index (χ2v) is 6.49. The molecule has 0 radical (unpaired) electrons. The van der Waals surface area contributed by atoms with Crippen LogP contribution in [0.15, 0.2) is 0 Å². The van der Waals surface area contributed by atoms with Crippen LogP contribution in [0, 0.1) is 5.92 Å². The van der Waals surface area contributed by atoms with Crippen LogP contribution in [-0.2, 0) is 9.59 Å². The van der Waals surface area contributed by atoms with Gasteiger partial charge in [-0.25, -0.2) is 0 Å². The van der Waals surface area contributed by atoms with Gasteiger partial charge in [0.2, 0.25) is 11.8 Å². The molecule has 3 rings (SSSR count). The summed E-state index contributed by atoms with van der Waals surface area (Å²) in [7, 11) is 0. The van der Waals surface area contributed by atoms with E-state index in [1.54, 1.807) is 0 Å². The molecule has 6 nitrogen and oxygen atoms in total. The lowest BCUT2D eigenvalue weighted by Crippen LogP contribution is -2.53. The number of carbonyl (C=O) groups excluding carboxylic acids is 2. The Morgan fingerprint density at radius 3 is 2.30 bits per heavy atom. The van der Waals surface area contributed by atoms with Crippen molar-refractivity contribution in [2.75, 3.05) is 45.8 Å². The molecule has 2 saturated heterocycles. The van der Waals surface area contributed by atoms with Gasteiger partial charge in [-0.2, -0.15) is 0 Å². The topological polar surface area (TPSA) is 64.7 Å². The molecule has 3 fully saturated rings. The normalized spacial score (nSPS) is 25.0. The van der Waals surface area contributed by atoms with Gasteiger partial charge in [0.05, 0.1) is 12.5 Å². The maximum atomic E-state index is 12.4. The number of nitrogens with one attached hydrogen (secondary N) is 2. The Balaban J connectivity index is 0.00000132. The molecule has 1 saturated carbocycles. The van der Waals surface area contributed by atoms with Gasteiger partial charge in [0, 0.05) is 38.8 Å². The molecule has 0 aromatic heterocycles. The van der Waals surface area contributed by atoms with Crippen LogP contribution in [0.1, 0.15) is 25.7 Å². The molecule has 134 valence electrons. The van der Waals surface area contributed by atoms with Gasteiger partial charge in [-0.1, -0.05) is 0 Å². The third kappa shape index (κ3) is 6.10. The summed E-state index contributed by atoms with van der Waals surface area (Å²) in [5.74, 6) is 0.585. The lowest BCUT2D eigenvalue weighted by Gasteiger charge is -2.36. The van der Waals surface area contributed by atoms with Gasteiger partial charge in [-0.3, -0.25) is 14.5 Å². The zero-order valence-electron chi connectivity index (χ0n) is 13.5. The molecule has 0 aromatic rings. The molecule has 1 aliphatic carbocycles. The Morgan fingerprint density at radius 1 is 1.04 bits per heavy atom. The number of rotatable bonds is 4. The first kappa shape index (κ1) is 20.5. The maximum Gasteiger partial charge on any atom is 0.234 e. The lowest BCUT2D eigenvalue weighted by molar-refractivity contribution is -0.138. The van der Waals surface area contributed by atoms with Crippen molar-refractivity contribution in [1.82, 2.24) is 20.4 Å². The fourth-order valence-corrected chi connectivity index (χ4v) is 3.15. The largest absolute Gasteiger partial charge is 0.352 e. The summed E-state index contributed by atoms with van der Waals surface area (Å²) in [5.41, 5.74) is 0. The molecule has 2 amide bonds. The Hall–Kier alpha value is -0.560. The Morgan fingerprint density at radius 2 is 1.74 bits per heavy atom. The molecule has 1 unspecified atom stereocenters. The summed E-state index contributed by atoms with van der Waals surface area (Å²) in [6.07, 6.45) is 4.36. The van der Waals surface area contributed by atoms with Crippen molar-refractivity contribution >= 4 is 36.6 Å². The number of hydrogen-bond donors (Lipinski definition) is 2. The quantitative estimate of drug-likeness (QED) is 0.748. The van der Waals surface area contributed by atoms with Crippen molar-refractivity contribution in [1.29, 1.82) is 0 Å². The predicted molar refractivity (Wildman–Crippen MR) is 94.3 cm³/mol. The highest BCUT2D eigenvalue weighted by Crippen LogP contribution is 2.18. The highest BCUT2D eigenvalue weighted by atomic mass is 35.5. The second-order valence-electron chi connectivity index (χ2n) is 6.49. The van der Waals surface area contributed by atoms with Crippen molar-refractivity contribution in [3.8, 4) is 0 Å². The molecule has 0 aromatic carbocycles. The molecule has 8 heteroatoms. The van der Waals surface area contributed by atoms with Crippen molar-refractivity contribution in [2.45, 2.75) is 31.7 Å². The predicted octanol–water partition coefficient (Wildman–Crippen LogP) is 0.252. The summed E-state index contributed by atoms with van der Waals surface area (Å²) in [4.78, 5) is 28.3. The van der Waals surface area contributed by atoms with Gasteiger partial charge < -0.3 is 15.5 Å². The maximum absolute atomic E-state index is 12.4. The van der Waals surface area contributed by atoms with Crippen LogP contribution in [0.3, 0.4) is 0 Å². The lowest BCUT2D eigenvalue weighted by atomic mass is 9.98. The van der Waals surface area contributed by atoms with E-state index >= 15 is 0 Å². The fraction of sp³-hybridized carbons (Fsp3) is 0.867. The van der Waals surface area contributed by atoms with Gasteiger partial charge in [0.15, 0.2) is 0 Å². The zero-order valence-corrected chi connectivity index (χ0v) is 15.1. The standard InChI is InChI=1S/C15H26N4O2.2ClH/c20-14(17-13-3-4-13)11-18-6-8-19(9-7-18)15(21)12-2-1-5-16-10-12;;/h12-13,16H,1-11H2,(H,17,20);2*1H. The van der Waals surface area contributed by atoms with Crippen LogP contribution in [0.4, 0.5) is 0 Å². The number of nitrogens with zero attached hydrogens (tertiary/aromatic N) is 2. The zero-order chi connectivity index (χ0) is 14.7. The number of piperazine rings is 1. The molecule has 0 bridgehead atoms. The molecule has 2 N–H and O–H groups in total. The van der Waals surface area contributed by atoms with Crippen LogP contribution in [0.25, 0.3) is 0 Å². The first-order chi connectivity index (χ1) is 10.2. The van der Waals surface area contributed by atoms with Crippen molar-refractivity contribution in [3.63, 3.8) is 0 Å². The van der Waals surface area contributed by atoms with Crippen LogP contribution >= 0.6 is 24.8 Å². The van der Waals surface area contributed by atoms with Crippen LogP contribution < -0.4 is 10.6 Å². The molecule has 0 spiro atoms. The average Bonchev–Trinajstić information content (AvgIpc) is 3.32. The summed E-state index contributed by atoms with van der Waals surface area (Å²) in [6, 6.07) is 0.430. The fourth-order valence-electron chi connectivity index (χ4n) is 3.15. The van der Waals surface area contributed by atoms with E-state index in [1.807, 2.05) is 4.90 Å². The molecule has 1 atom stereocenters. The molecule has 3 aliphatic rings. The van der Waals surface area contributed by atoms with Crippen LogP contribution in [-0.4, -0.2) is 73.5 Å². The Bertz CT molecular complexity index is 393. The van der Waals surface area contributed by atoms with E-state index in [2.05, 4.69) is 15.5 Å². The average molecular weight is 367 g/mol. The number of amides is 2. The van der Waals surface area contributed by atoms with Crippen LogP contribution in [0.2, 0.25) is 0 Å². The second kappa shape index (κ2) is 9.67. The summed E-state index contributed by atoms with van der Waals surface area (Å²) in [6.45, 7) is 5.46. The van der Waals surface area contributed by atoms with Crippen molar-refractivity contribution in [2.24, 2.45) is 5.92 Å². The number of hydrogen-bond acceptors (Lipinski definition) is 4. The summed E-state index contributed by atoms with van der Waals surface area (Å²) in [5, 5.41) is 6.32. The Labute approximate surface area is 150 Å². The first-order valence-electron chi connectivity index (χ1n) is 8.23. The summed E-state index contributed by atoms with van der Waals surface area (Å²) < 4.78 is 0. The molecule has 2 aliphatic heterocycles. The molecule has 23 heavy (non-hydrogen) atoms. The first-order valence-corrected chi connectivity index (χ1v) is 8.23. The smallest absolute Gasteiger partial charge is 0.234 e.